The lowest BCUT2D eigenvalue weighted by molar-refractivity contribution is 0.116. The van der Waals surface area contributed by atoms with Crippen LogP contribution < -0.4 is 0 Å². The van der Waals surface area contributed by atoms with Gasteiger partial charge in [0.15, 0.2) is 0 Å². The number of hydrogen-bond donors (Lipinski definition) is 0. The van der Waals surface area contributed by atoms with E-state index in [0.717, 1.165) is 32.3 Å². The molecule has 0 heterocycles. The van der Waals surface area contributed by atoms with E-state index < -0.39 is 0 Å². The highest BCUT2D eigenvalue weighted by Gasteiger charge is 2.32. The molecule has 42 heavy (non-hydrogen) atoms. The molecule has 0 aromatic heterocycles. The predicted octanol–water partition coefficient (Wildman–Crippen LogP) is 11.8. The molecule has 0 aliphatic heterocycles. The van der Waals surface area contributed by atoms with Gasteiger partial charge in [-0.3, -0.25) is 0 Å². The maximum Gasteiger partial charge on any atom is 0.0716 e. The largest absolute Gasteiger partial charge is 0.377 e. The second-order valence-corrected chi connectivity index (χ2v) is 12.8. The van der Waals surface area contributed by atoms with E-state index in [1.54, 1.807) is 0 Å². The van der Waals surface area contributed by atoms with Gasteiger partial charge in [0.25, 0.3) is 0 Å². The summed E-state index contributed by atoms with van der Waals surface area (Å²) in [6.45, 7) is 5.70. The monoisotopic (exact) mass is 572 g/mol. The fourth-order valence-corrected chi connectivity index (χ4v) is 6.24. The summed E-state index contributed by atoms with van der Waals surface area (Å²) in [7, 11) is 0. The minimum Gasteiger partial charge on any atom is -0.377 e. The summed E-state index contributed by atoms with van der Waals surface area (Å²) in [4.78, 5) is 0. The number of unbranched alkanes of at least 4 members (excludes halogenated alkanes) is 12. The maximum atomic E-state index is 5.81. The zero-order valence-electron chi connectivity index (χ0n) is 26.8. The van der Waals surface area contributed by atoms with Crippen LogP contribution in [-0.4, -0.2) is 13.2 Å². The highest BCUT2D eigenvalue weighted by atomic mass is 16.5. The molecule has 2 nitrogen and oxygen atoms in total. The number of allylic oxidation sites excluding steroid dienone is 4. The molecule has 0 radical (unpaired) electrons. The van der Waals surface area contributed by atoms with Crippen molar-refractivity contribution in [2.24, 2.45) is 11.3 Å². The lowest BCUT2D eigenvalue weighted by atomic mass is 9.83. The van der Waals surface area contributed by atoms with Crippen LogP contribution in [0.2, 0.25) is 0 Å². The van der Waals surface area contributed by atoms with Crippen LogP contribution >= 0.6 is 0 Å². The van der Waals surface area contributed by atoms with Crippen LogP contribution in [0, 0.1) is 11.3 Å². The molecule has 1 aliphatic rings. The molecule has 232 valence electrons. The Bertz CT molecular complexity index is 879. The van der Waals surface area contributed by atoms with Crippen molar-refractivity contribution >= 4 is 0 Å². The van der Waals surface area contributed by atoms with Crippen molar-refractivity contribution in [1.29, 1.82) is 0 Å². The number of ether oxygens (including phenoxy) is 2. The molecular weight excluding hydrogens is 512 g/mol. The molecule has 2 aromatic rings. The maximum absolute atomic E-state index is 5.81. The van der Waals surface area contributed by atoms with E-state index in [-0.39, 0.29) is 0 Å². The minimum atomic E-state index is 0.332. The topological polar surface area (TPSA) is 18.5 Å². The Morgan fingerprint density at radius 2 is 1.02 bits per heavy atom. The van der Waals surface area contributed by atoms with Crippen molar-refractivity contribution in [1.82, 2.24) is 0 Å². The Labute approximate surface area is 259 Å². The number of hydrogen-bond acceptors (Lipinski definition) is 2. The Balaban J connectivity index is 1.14. The van der Waals surface area contributed by atoms with Gasteiger partial charge in [-0.05, 0) is 74.8 Å². The first-order chi connectivity index (χ1) is 20.8. The summed E-state index contributed by atoms with van der Waals surface area (Å²) >= 11 is 0. The molecule has 1 aliphatic carbocycles. The Kier molecular flexibility index (Phi) is 18.3. The van der Waals surface area contributed by atoms with Crippen LogP contribution in [0.5, 0.6) is 0 Å². The first-order valence-corrected chi connectivity index (χ1v) is 17.3. The van der Waals surface area contributed by atoms with Crippen LogP contribution in [0.15, 0.2) is 85.0 Å². The van der Waals surface area contributed by atoms with Gasteiger partial charge in [0, 0.05) is 18.6 Å². The standard InChI is InChI=1S/C40H60O2/c1-37-28-31-40(34-37,29-20-10-6-2-4-8-12-22-32-41-35-38-24-16-14-17-25-38)30-21-11-7-3-5-9-13-23-33-42-36-39-26-18-15-19-27-39/h14-21,24-27,29-30,37H,2-13,22-23,28,31-36H2,1H3/b29-20-,30-21-. The van der Waals surface area contributed by atoms with Crippen LogP contribution in [0.3, 0.4) is 0 Å². The lowest BCUT2D eigenvalue weighted by Gasteiger charge is -2.21. The molecule has 1 saturated carbocycles. The number of rotatable bonds is 24. The third-order valence-electron chi connectivity index (χ3n) is 8.77. The van der Waals surface area contributed by atoms with Gasteiger partial charge >= 0.3 is 0 Å². The Hall–Kier alpha value is -2.16. The van der Waals surface area contributed by atoms with Crippen LogP contribution in [-0.2, 0) is 22.7 Å². The predicted molar refractivity (Wildman–Crippen MR) is 181 cm³/mol. The van der Waals surface area contributed by atoms with Crippen LogP contribution in [0.4, 0.5) is 0 Å². The summed E-state index contributed by atoms with van der Waals surface area (Å²) in [5, 5.41) is 0. The van der Waals surface area contributed by atoms with Crippen LogP contribution in [0.1, 0.15) is 127 Å². The summed E-state index contributed by atoms with van der Waals surface area (Å²) < 4.78 is 11.6. The fraction of sp³-hybridized carbons (Fsp3) is 0.600. The first-order valence-electron chi connectivity index (χ1n) is 17.3. The average Bonchev–Trinajstić information content (AvgIpc) is 3.39. The lowest BCUT2D eigenvalue weighted by Crippen LogP contribution is -2.09. The summed E-state index contributed by atoms with van der Waals surface area (Å²) in [5.41, 5.74) is 2.88. The molecule has 0 N–H and O–H groups in total. The summed E-state index contributed by atoms with van der Waals surface area (Å²) in [5.74, 6) is 0.854. The molecule has 0 bridgehead atoms. The van der Waals surface area contributed by atoms with E-state index in [0.29, 0.717) is 5.41 Å². The van der Waals surface area contributed by atoms with Crippen LogP contribution in [0.25, 0.3) is 0 Å². The smallest absolute Gasteiger partial charge is 0.0716 e. The SMILES string of the molecule is CC1CCC(/C=C\CCCCCCCCOCc2ccccc2)(/C=C\CCCCCCCCOCc2ccccc2)C1. The molecule has 1 atom stereocenters. The normalized spacial score (nSPS) is 16.6. The van der Waals surface area contributed by atoms with E-state index in [2.05, 4.69) is 91.9 Å². The zero-order chi connectivity index (χ0) is 29.4. The summed E-state index contributed by atoms with van der Waals surface area (Å²) in [6, 6.07) is 21.0. The third kappa shape index (κ3) is 15.9. The van der Waals surface area contributed by atoms with E-state index in [9.17, 15) is 0 Å². The molecule has 3 rings (SSSR count). The van der Waals surface area contributed by atoms with E-state index in [1.165, 1.54) is 120 Å². The van der Waals surface area contributed by atoms with Crippen molar-refractivity contribution in [2.45, 2.75) is 129 Å². The number of benzene rings is 2. The van der Waals surface area contributed by atoms with Gasteiger partial charge < -0.3 is 9.47 Å². The highest BCUT2D eigenvalue weighted by molar-refractivity contribution is 5.15. The average molecular weight is 573 g/mol. The zero-order valence-corrected chi connectivity index (χ0v) is 26.8. The van der Waals surface area contributed by atoms with Gasteiger partial charge in [-0.15, -0.1) is 0 Å². The Morgan fingerprint density at radius 1 is 0.595 bits per heavy atom. The highest BCUT2D eigenvalue weighted by Crippen LogP contribution is 2.44. The third-order valence-corrected chi connectivity index (χ3v) is 8.77. The van der Waals surface area contributed by atoms with Crippen molar-refractivity contribution in [3.05, 3.63) is 96.1 Å². The second-order valence-electron chi connectivity index (χ2n) is 12.8. The molecule has 2 heteroatoms. The minimum absolute atomic E-state index is 0.332. The van der Waals surface area contributed by atoms with Gasteiger partial charge in [0.2, 0.25) is 0 Å². The van der Waals surface area contributed by atoms with Gasteiger partial charge in [0.05, 0.1) is 13.2 Å². The molecule has 1 fully saturated rings. The van der Waals surface area contributed by atoms with Crippen molar-refractivity contribution in [3.8, 4) is 0 Å². The van der Waals surface area contributed by atoms with Gasteiger partial charge in [-0.2, -0.15) is 0 Å². The van der Waals surface area contributed by atoms with Crippen molar-refractivity contribution < 1.29 is 9.47 Å². The van der Waals surface area contributed by atoms with Gasteiger partial charge in [0.1, 0.15) is 0 Å². The molecule has 2 aromatic carbocycles. The Morgan fingerprint density at radius 3 is 1.45 bits per heavy atom. The van der Waals surface area contributed by atoms with Gasteiger partial charge in [-0.25, -0.2) is 0 Å². The fourth-order valence-electron chi connectivity index (χ4n) is 6.24. The molecule has 0 amide bonds. The molecule has 0 spiro atoms. The van der Waals surface area contributed by atoms with E-state index in [1.807, 2.05) is 0 Å². The van der Waals surface area contributed by atoms with Gasteiger partial charge in [-0.1, -0.05) is 143 Å². The first kappa shape index (κ1) is 34.3. The van der Waals surface area contributed by atoms with E-state index >= 15 is 0 Å². The van der Waals surface area contributed by atoms with E-state index in [4.69, 9.17) is 9.47 Å². The molecular formula is C40H60O2. The van der Waals surface area contributed by atoms with Crippen molar-refractivity contribution in [2.75, 3.05) is 13.2 Å². The second kappa shape index (κ2) is 22.4. The van der Waals surface area contributed by atoms with Crippen molar-refractivity contribution in [3.63, 3.8) is 0 Å². The quantitative estimate of drug-likeness (QED) is 0.0920. The molecule has 0 saturated heterocycles. The molecule has 1 unspecified atom stereocenters. The summed E-state index contributed by atoms with van der Waals surface area (Å²) in [6.07, 6.45) is 32.4.